The number of aliphatic hydroxyl groups excluding tert-OH is 22. The van der Waals surface area contributed by atoms with E-state index < -0.39 is 318 Å². The van der Waals surface area contributed by atoms with Crippen LogP contribution in [-0.4, -0.2) is 397 Å². The molecule has 8 saturated heterocycles. The van der Waals surface area contributed by atoms with Crippen molar-refractivity contribution in [1.82, 2.24) is 0 Å². The minimum Gasteiger partial charge on any atom is -0.432 e. The van der Waals surface area contributed by atoms with Crippen LogP contribution in [0.15, 0.2) is 11.6 Å². The van der Waals surface area contributed by atoms with Gasteiger partial charge in [0.1, 0.15) is 153 Å². The van der Waals surface area contributed by atoms with Crippen molar-refractivity contribution in [2.75, 3.05) is 33.0 Å². The van der Waals surface area contributed by atoms with Crippen molar-refractivity contribution in [3.05, 3.63) is 11.6 Å². The topological polar surface area (TPSA) is 610 Å². The Kier molecular flexibility index (Phi) is 27.0. The molecule has 39 nitrogen and oxygen atoms in total. The van der Waals surface area contributed by atoms with Crippen molar-refractivity contribution in [2.45, 2.75) is 373 Å². The van der Waals surface area contributed by atoms with Gasteiger partial charge < -0.3 is 188 Å². The molecule has 8 heterocycles. The van der Waals surface area contributed by atoms with Crippen molar-refractivity contribution in [3.63, 3.8) is 0 Å². The summed E-state index contributed by atoms with van der Waals surface area (Å²) in [4.78, 5) is 16.3. The van der Waals surface area contributed by atoms with Crippen molar-refractivity contribution in [2.24, 2.45) is 50.2 Å². The Hall–Kier alpha value is -2.27. The lowest BCUT2D eigenvalue weighted by atomic mass is 9.33. The average molecular weight is 1660 g/mol. The molecule has 48 unspecified atom stereocenters. The van der Waals surface area contributed by atoms with Crippen LogP contribution >= 0.6 is 0 Å². The second-order valence-corrected chi connectivity index (χ2v) is 36.5. The van der Waals surface area contributed by atoms with Gasteiger partial charge in [-0.1, -0.05) is 53.2 Å². The lowest BCUT2D eigenvalue weighted by molar-refractivity contribution is -0.394. The maximum absolute atomic E-state index is 16.3. The van der Waals surface area contributed by atoms with E-state index in [0.717, 1.165) is 5.57 Å². The number of aliphatic hydroxyl groups is 22. The zero-order valence-electron chi connectivity index (χ0n) is 66.1. The molecule has 22 N–H and O–H groups in total. The zero-order valence-corrected chi connectivity index (χ0v) is 66.1. The molecular weight excluding hydrogens is 1540 g/mol. The van der Waals surface area contributed by atoms with Crippen molar-refractivity contribution >= 4 is 5.97 Å². The van der Waals surface area contributed by atoms with Crippen molar-refractivity contribution in [3.8, 4) is 0 Å². The van der Waals surface area contributed by atoms with Gasteiger partial charge in [0.2, 0.25) is 6.29 Å². The minimum atomic E-state index is -2.19. The van der Waals surface area contributed by atoms with Gasteiger partial charge in [0.25, 0.3) is 0 Å². The lowest BCUT2D eigenvalue weighted by Crippen LogP contribution is -2.70. The van der Waals surface area contributed by atoms with Gasteiger partial charge in [-0.15, -0.1) is 0 Å². The SMILES string of the molecule is CC1OC(OC2C(CO)OC(OC3C(C)OC(OC4C(OC(=O)C56CCC(C)(C)CC5C5=CCC7C8(C)CC(O)C(OC9OC(CO)C(O)C(OC%10OC(CO)C(O)C(O)C%10O)C9O)C(C)(CO)C8CCC7(C)C5(C)CC6)OC(C)C(O)C4OC4OC(C)C(O)C(O)C4O)C(O)C3OC3OC(CO)C(O)C3O)C2O)C(O)C(O)C1O. The van der Waals surface area contributed by atoms with Gasteiger partial charge in [-0.05, 0) is 125 Å². The fourth-order valence-electron chi connectivity index (χ4n) is 22.0. The van der Waals surface area contributed by atoms with E-state index in [1.807, 2.05) is 0 Å². The van der Waals surface area contributed by atoms with Crippen LogP contribution in [0.25, 0.3) is 0 Å². The molecule has 0 spiro atoms. The van der Waals surface area contributed by atoms with Crippen LogP contribution in [-0.2, 0) is 80.6 Å². The first-order chi connectivity index (χ1) is 54.0. The first-order valence-corrected chi connectivity index (χ1v) is 40.4. The number of carbonyl (C=O) groups excluding carboxylic acids is 1. The van der Waals surface area contributed by atoms with E-state index in [0.29, 0.717) is 44.9 Å². The number of hydrogen-bond acceptors (Lipinski definition) is 39. The molecular formula is C76H124O39. The van der Waals surface area contributed by atoms with E-state index in [4.69, 9.17) is 75.8 Å². The summed E-state index contributed by atoms with van der Waals surface area (Å²) in [6.45, 7) is 14.4. The van der Waals surface area contributed by atoms with Gasteiger partial charge in [-0.2, -0.15) is 0 Å². The summed E-state index contributed by atoms with van der Waals surface area (Å²) in [6.07, 6.45) is -62.6. The minimum absolute atomic E-state index is 0.114. The van der Waals surface area contributed by atoms with Gasteiger partial charge in [0.05, 0.1) is 75.1 Å². The first kappa shape index (κ1) is 90.5. The molecule has 13 rings (SSSR count). The van der Waals surface area contributed by atoms with Gasteiger partial charge in [0, 0.05) is 5.41 Å². The van der Waals surface area contributed by atoms with Crippen LogP contribution < -0.4 is 0 Å². The summed E-state index contributed by atoms with van der Waals surface area (Å²) in [6, 6.07) is 0. The Balaban J connectivity index is 0.783. The number of hydrogen-bond donors (Lipinski definition) is 22. The van der Waals surface area contributed by atoms with Crippen LogP contribution in [0.4, 0.5) is 0 Å². The molecule has 12 fully saturated rings. The van der Waals surface area contributed by atoms with Crippen molar-refractivity contribution in [1.29, 1.82) is 0 Å². The Morgan fingerprint density at radius 2 is 0.791 bits per heavy atom. The summed E-state index contributed by atoms with van der Waals surface area (Å²) in [5, 5.41) is 245. The molecule has 48 atom stereocenters. The number of rotatable bonds is 21. The molecule has 0 bridgehead atoms. The molecule has 5 aliphatic carbocycles. The number of fused-ring (bicyclic) bond motifs is 7. The normalized spacial score (nSPS) is 55.9. The monoisotopic (exact) mass is 1660 g/mol. The molecule has 115 heavy (non-hydrogen) atoms. The van der Waals surface area contributed by atoms with Crippen LogP contribution in [0, 0.1) is 50.2 Å². The molecule has 13 aliphatic rings. The predicted molar refractivity (Wildman–Crippen MR) is 378 cm³/mol. The largest absolute Gasteiger partial charge is 0.432 e. The molecule has 8 aliphatic heterocycles. The predicted octanol–water partition coefficient (Wildman–Crippen LogP) is -7.41. The molecule has 0 aromatic rings. The highest BCUT2D eigenvalue weighted by atomic mass is 16.8. The first-order valence-electron chi connectivity index (χ1n) is 40.4. The summed E-state index contributed by atoms with van der Waals surface area (Å²) in [5.41, 5.74) is -3.91. The number of allylic oxidation sites excluding steroid dienone is 2. The maximum atomic E-state index is 16.3. The van der Waals surface area contributed by atoms with E-state index in [1.54, 1.807) is 6.92 Å². The smallest absolute Gasteiger partial charge is 0.315 e. The van der Waals surface area contributed by atoms with Crippen molar-refractivity contribution < 1.29 is 193 Å². The van der Waals surface area contributed by atoms with Crippen LogP contribution in [0.1, 0.15) is 127 Å². The van der Waals surface area contributed by atoms with Crippen LogP contribution in [0.5, 0.6) is 0 Å². The van der Waals surface area contributed by atoms with E-state index in [2.05, 4.69) is 40.7 Å². The fraction of sp³-hybridized carbons (Fsp3) is 0.961. The van der Waals surface area contributed by atoms with Crippen LogP contribution in [0.2, 0.25) is 0 Å². The molecule has 0 aromatic carbocycles. The molecule has 0 amide bonds. The van der Waals surface area contributed by atoms with Crippen LogP contribution in [0.3, 0.4) is 0 Å². The van der Waals surface area contributed by atoms with E-state index in [1.165, 1.54) is 27.7 Å². The Bertz CT molecular complexity index is 3310. The fourth-order valence-corrected chi connectivity index (χ4v) is 22.0. The van der Waals surface area contributed by atoms with Gasteiger partial charge in [-0.3, -0.25) is 4.79 Å². The third kappa shape index (κ3) is 15.7. The highest BCUT2D eigenvalue weighted by Crippen LogP contribution is 2.76. The van der Waals surface area contributed by atoms with Gasteiger partial charge in [-0.25, -0.2) is 0 Å². The van der Waals surface area contributed by atoms with Gasteiger partial charge >= 0.3 is 5.97 Å². The second kappa shape index (κ2) is 34.3. The lowest BCUT2D eigenvalue weighted by Gasteiger charge is -2.72. The average Bonchev–Trinajstić information content (AvgIpc) is 1.04. The van der Waals surface area contributed by atoms with E-state index in [-0.39, 0.29) is 30.1 Å². The zero-order chi connectivity index (χ0) is 83.9. The summed E-state index contributed by atoms with van der Waals surface area (Å²) in [7, 11) is 0. The Morgan fingerprint density at radius 3 is 1.36 bits per heavy atom. The second-order valence-electron chi connectivity index (χ2n) is 36.5. The maximum Gasteiger partial charge on any atom is 0.315 e. The van der Waals surface area contributed by atoms with E-state index >= 15 is 4.79 Å². The standard InChI is InChI=1S/C76H124O39/c1-26-39(83)45(89)49(93)62(100-26)109-56-36(24-80)107-67(52(56)96)108-55-29(4)103-66(54(98)59(55)112-64-48(92)43(87)34(22-78)105-64)113-60-58(111-63-50(94)46(90)40(84)27(2)101-63)41(85)28(3)102-69(60)115-70(99)76-17-15-71(5,6)19-31(76)30-11-12-38-72(7)20-32(82)61(73(8,25-81)37(72)13-14-75(38,10)74(30,9)16-18-76)114-68-53(97)57(44(88)35(23-79)106-68)110-65-51(95)47(91)42(86)33(21-77)104-65/h11,26-29,31-69,77-98H,12-25H2,1-10H3. The molecule has 0 aromatic heterocycles. The molecule has 0 radical (unpaired) electrons. The van der Waals surface area contributed by atoms with E-state index in [9.17, 15) is 112 Å². The third-order valence-corrected chi connectivity index (χ3v) is 29.1. The molecule has 39 heteroatoms. The molecule has 4 saturated carbocycles. The third-order valence-electron chi connectivity index (χ3n) is 29.1. The number of carbonyl (C=O) groups is 1. The Labute approximate surface area is 664 Å². The summed E-state index contributed by atoms with van der Waals surface area (Å²) < 4.78 is 98.5. The highest BCUT2D eigenvalue weighted by Gasteiger charge is 2.73. The quantitative estimate of drug-likeness (QED) is 0.0288. The Morgan fingerprint density at radius 1 is 0.383 bits per heavy atom. The van der Waals surface area contributed by atoms with Gasteiger partial charge in [0.15, 0.2) is 50.1 Å². The summed E-state index contributed by atoms with van der Waals surface area (Å²) >= 11 is 0. The number of esters is 1. The highest BCUT2D eigenvalue weighted by molar-refractivity contribution is 5.79. The molecule has 662 valence electrons. The number of ether oxygens (including phenoxy) is 16. The summed E-state index contributed by atoms with van der Waals surface area (Å²) in [5.74, 6) is -1.84.